The zero-order valence-corrected chi connectivity index (χ0v) is 10.2. The molecule has 1 aromatic rings. The van der Waals surface area contributed by atoms with Crippen molar-refractivity contribution in [3.8, 4) is 5.75 Å². The van der Waals surface area contributed by atoms with Crippen LogP contribution in [0.3, 0.4) is 0 Å². The summed E-state index contributed by atoms with van der Waals surface area (Å²) in [6, 6.07) is 6.95. The van der Waals surface area contributed by atoms with Crippen LogP contribution in [0.25, 0.3) is 6.08 Å². The van der Waals surface area contributed by atoms with Crippen LogP contribution in [-0.2, 0) is 9.59 Å². The summed E-state index contributed by atoms with van der Waals surface area (Å²) < 4.78 is 0. The van der Waals surface area contributed by atoms with Gasteiger partial charge >= 0.3 is 0 Å². The Labute approximate surface area is 110 Å². The van der Waals surface area contributed by atoms with Crippen LogP contribution in [0.5, 0.6) is 5.75 Å². The van der Waals surface area contributed by atoms with Crippen LogP contribution in [-0.4, -0.2) is 16.9 Å². The van der Waals surface area contributed by atoms with Gasteiger partial charge in [-0.15, -0.1) is 0 Å². The maximum absolute atomic E-state index is 11.8. The molecule has 1 aliphatic carbocycles. The number of nitrogens with one attached hydrogen (secondary N) is 1. The summed E-state index contributed by atoms with van der Waals surface area (Å²) >= 11 is 0. The van der Waals surface area contributed by atoms with Gasteiger partial charge in [-0.25, -0.2) is 0 Å². The number of imide groups is 1. The number of fused-ring (bicyclic) bond motifs is 1. The first kappa shape index (κ1) is 11.7. The molecule has 1 aromatic carbocycles. The summed E-state index contributed by atoms with van der Waals surface area (Å²) in [4.78, 5) is 23.5. The van der Waals surface area contributed by atoms with Gasteiger partial charge in [-0.2, -0.15) is 0 Å². The number of carbonyl (C=O) groups is 2. The molecular weight excluding hydrogens is 242 g/mol. The standard InChI is InChI=1S/C15H13NO3/c17-12-7-2-1-4-9(12)8-10-5-3-6-11-13(10)15(19)16-14(11)18/h1-4,6-8,11,13,17H,5H2,(H,16,18,19)/b10-8+. The van der Waals surface area contributed by atoms with E-state index in [0.29, 0.717) is 12.0 Å². The zero-order valence-electron chi connectivity index (χ0n) is 10.2. The van der Waals surface area contributed by atoms with Crippen LogP contribution in [0.1, 0.15) is 12.0 Å². The average molecular weight is 255 g/mol. The Balaban J connectivity index is 2.02. The van der Waals surface area contributed by atoms with Crippen molar-refractivity contribution in [1.29, 1.82) is 0 Å². The van der Waals surface area contributed by atoms with Crippen LogP contribution >= 0.6 is 0 Å². The van der Waals surface area contributed by atoms with Crippen molar-refractivity contribution in [1.82, 2.24) is 5.32 Å². The summed E-state index contributed by atoms with van der Waals surface area (Å²) in [7, 11) is 0. The first-order valence-corrected chi connectivity index (χ1v) is 6.16. The highest BCUT2D eigenvalue weighted by Gasteiger charge is 2.43. The number of para-hydroxylation sites is 1. The molecule has 2 aliphatic rings. The van der Waals surface area contributed by atoms with Crippen LogP contribution < -0.4 is 5.32 Å². The van der Waals surface area contributed by atoms with Gasteiger partial charge in [-0.1, -0.05) is 42.0 Å². The lowest BCUT2D eigenvalue weighted by Crippen LogP contribution is -2.22. The fraction of sp³-hybridized carbons (Fsp3) is 0.200. The SMILES string of the molecule is O=C1NC(=O)C2/C(=C/c3ccccc3O)CC=CC12. The number of hydrogen-bond acceptors (Lipinski definition) is 3. The quantitative estimate of drug-likeness (QED) is 0.592. The average Bonchev–Trinajstić information content (AvgIpc) is 2.69. The van der Waals surface area contributed by atoms with Gasteiger partial charge in [0.2, 0.25) is 11.8 Å². The highest BCUT2D eigenvalue weighted by molar-refractivity contribution is 6.08. The zero-order chi connectivity index (χ0) is 13.4. The van der Waals surface area contributed by atoms with Crippen LogP contribution in [0.2, 0.25) is 0 Å². The minimum absolute atomic E-state index is 0.172. The molecule has 0 aromatic heterocycles. The van der Waals surface area contributed by atoms with Gasteiger partial charge in [0.15, 0.2) is 0 Å². The molecule has 4 heteroatoms. The molecule has 0 bridgehead atoms. The topological polar surface area (TPSA) is 66.4 Å². The second-order valence-corrected chi connectivity index (χ2v) is 4.77. The van der Waals surface area contributed by atoms with E-state index in [1.807, 2.05) is 12.1 Å². The monoisotopic (exact) mass is 255 g/mol. The fourth-order valence-electron chi connectivity index (χ4n) is 2.63. The number of aromatic hydroxyl groups is 1. The molecule has 19 heavy (non-hydrogen) atoms. The molecule has 0 saturated carbocycles. The lowest BCUT2D eigenvalue weighted by atomic mass is 9.81. The van der Waals surface area contributed by atoms with Crippen LogP contribution in [0, 0.1) is 11.8 Å². The number of rotatable bonds is 1. The van der Waals surface area contributed by atoms with Crippen molar-refractivity contribution in [3.05, 3.63) is 47.6 Å². The predicted molar refractivity (Wildman–Crippen MR) is 70.0 cm³/mol. The first-order chi connectivity index (χ1) is 9.16. The maximum Gasteiger partial charge on any atom is 0.234 e. The lowest BCUT2D eigenvalue weighted by molar-refractivity contribution is -0.125. The van der Waals surface area contributed by atoms with Gasteiger partial charge in [-0.3, -0.25) is 14.9 Å². The van der Waals surface area contributed by atoms with Crippen molar-refractivity contribution in [3.63, 3.8) is 0 Å². The van der Waals surface area contributed by atoms with Gasteiger partial charge < -0.3 is 5.11 Å². The highest BCUT2D eigenvalue weighted by atomic mass is 16.3. The second-order valence-electron chi connectivity index (χ2n) is 4.77. The third-order valence-electron chi connectivity index (χ3n) is 3.56. The van der Waals surface area contributed by atoms with Gasteiger partial charge in [-0.05, 0) is 12.5 Å². The van der Waals surface area contributed by atoms with E-state index in [1.54, 1.807) is 30.4 Å². The molecule has 2 unspecified atom stereocenters. The summed E-state index contributed by atoms with van der Waals surface area (Å²) in [5, 5.41) is 12.1. The smallest absolute Gasteiger partial charge is 0.234 e. The summed E-state index contributed by atoms with van der Waals surface area (Å²) in [6.45, 7) is 0. The van der Waals surface area contributed by atoms with Crippen molar-refractivity contribution in [2.75, 3.05) is 0 Å². The number of carbonyl (C=O) groups excluding carboxylic acids is 2. The Morgan fingerprint density at radius 1 is 1.21 bits per heavy atom. The second kappa shape index (κ2) is 4.39. The Hall–Kier alpha value is -2.36. The number of amides is 2. The molecule has 1 fully saturated rings. The van der Waals surface area contributed by atoms with Crippen molar-refractivity contribution in [2.24, 2.45) is 11.8 Å². The molecule has 96 valence electrons. The van der Waals surface area contributed by atoms with E-state index in [1.165, 1.54) is 0 Å². The number of phenolic OH excluding ortho intramolecular Hbond substituents is 1. The number of hydrogen-bond donors (Lipinski definition) is 2. The Kier molecular flexibility index (Phi) is 2.71. The third kappa shape index (κ3) is 1.95. The largest absolute Gasteiger partial charge is 0.507 e. The van der Waals surface area contributed by atoms with Gasteiger partial charge in [0, 0.05) is 5.56 Å². The van der Waals surface area contributed by atoms with Gasteiger partial charge in [0.1, 0.15) is 5.75 Å². The molecule has 1 saturated heterocycles. The van der Waals surface area contributed by atoms with Crippen molar-refractivity contribution >= 4 is 17.9 Å². The fourth-order valence-corrected chi connectivity index (χ4v) is 2.63. The first-order valence-electron chi connectivity index (χ1n) is 6.16. The molecule has 2 N–H and O–H groups in total. The summed E-state index contributed by atoms with van der Waals surface area (Å²) in [5.74, 6) is -1.16. The number of allylic oxidation sites excluding steroid dienone is 1. The molecule has 1 aliphatic heterocycles. The van der Waals surface area contributed by atoms with E-state index in [0.717, 1.165) is 5.57 Å². The van der Waals surface area contributed by atoms with E-state index < -0.39 is 11.8 Å². The van der Waals surface area contributed by atoms with Crippen molar-refractivity contribution in [2.45, 2.75) is 6.42 Å². The molecule has 2 amide bonds. The number of phenols is 1. The van der Waals surface area contributed by atoms with Crippen LogP contribution in [0.15, 0.2) is 42.0 Å². The molecule has 3 rings (SSSR count). The van der Waals surface area contributed by atoms with Gasteiger partial charge in [0.05, 0.1) is 11.8 Å². The maximum atomic E-state index is 11.8. The molecule has 2 atom stereocenters. The molecule has 0 spiro atoms. The Bertz CT molecular complexity index is 616. The molecule has 4 nitrogen and oxygen atoms in total. The third-order valence-corrected chi connectivity index (χ3v) is 3.56. The van der Waals surface area contributed by atoms with E-state index in [-0.39, 0.29) is 17.6 Å². The Morgan fingerprint density at radius 3 is 2.79 bits per heavy atom. The van der Waals surface area contributed by atoms with Gasteiger partial charge in [0.25, 0.3) is 0 Å². The minimum Gasteiger partial charge on any atom is -0.507 e. The summed E-state index contributed by atoms with van der Waals surface area (Å²) in [5.41, 5.74) is 1.52. The Morgan fingerprint density at radius 2 is 2.00 bits per heavy atom. The molecule has 0 radical (unpaired) electrons. The van der Waals surface area contributed by atoms with E-state index in [2.05, 4.69) is 5.32 Å². The van der Waals surface area contributed by atoms with Crippen molar-refractivity contribution < 1.29 is 14.7 Å². The predicted octanol–water partition coefficient (Wildman–Crippen LogP) is 1.62. The number of benzene rings is 1. The van der Waals surface area contributed by atoms with E-state index in [9.17, 15) is 14.7 Å². The normalized spacial score (nSPS) is 27.5. The van der Waals surface area contributed by atoms with E-state index >= 15 is 0 Å². The highest BCUT2D eigenvalue weighted by Crippen LogP contribution is 2.35. The molecular formula is C15H13NO3. The summed E-state index contributed by atoms with van der Waals surface area (Å²) in [6.07, 6.45) is 6.10. The van der Waals surface area contributed by atoms with E-state index in [4.69, 9.17) is 0 Å². The van der Waals surface area contributed by atoms with Crippen LogP contribution in [0.4, 0.5) is 0 Å². The molecule has 1 heterocycles. The lowest BCUT2D eigenvalue weighted by Gasteiger charge is -2.19. The minimum atomic E-state index is -0.433.